The summed E-state index contributed by atoms with van der Waals surface area (Å²) >= 11 is 0. The van der Waals surface area contributed by atoms with E-state index in [0.717, 1.165) is 23.6 Å². The Morgan fingerprint density at radius 3 is 3.25 bits per heavy atom. The minimum atomic E-state index is -0.191. The molecule has 0 spiro atoms. The lowest BCUT2D eigenvalue weighted by molar-refractivity contribution is 0.533. The van der Waals surface area contributed by atoms with Crippen LogP contribution in [0.15, 0.2) is 47.3 Å². The molecule has 3 rings (SSSR count). The van der Waals surface area contributed by atoms with E-state index in [-0.39, 0.29) is 5.56 Å². The summed E-state index contributed by atoms with van der Waals surface area (Å²) in [6, 6.07) is 1.54. The summed E-state index contributed by atoms with van der Waals surface area (Å²) in [5.41, 5.74) is 1.59. The van der Waals surface area contributed by atoms with E-state index in [1.165, 1.54) is 0 Å². The maximum absolute atomic E-state index is 11.2. The number of aromatic nitrogens is 2. The van der Waals surface area contributed by atoms with Gasteiger partial charge in [0, 0.05) is 24.4 Å². The van der Waals surface area contributed by atoms with Gasteiger partial charge in [-0.1, -0.05) is 12.2 Å². The number of fused-ring (bicyclic) bond motifs is 1. The van der Waals surface area contributed by atoms with E-state index in [0.29, 0.717) is 0 Å². The minimum absolute atomic E-state index is 0.191. The zero-order valence-electron chi connectivity index (χ0n) is 8.47. The van der Waals surface area contributed by atoms with Crippen molar-refractivity contribution in [2.24, 2.45) is 0 Å². The van der Waals surface area contributed by atoms with Crippen molar-refractivity contribution >= 4 is 5.70 Å². The van der Waals surface area contributed by atoms with Gasteiger partial charge in [-0.25, -0.2) is 5.10 Å². The van der Waals surface area contributed by atoms with Gasteiger partial charge in [0.25, 0.3) is 5.56 Å². The summed E-state index contributed by atoms with van der Waals surface area (Å²) in [5.74, 6) is 1.03. The molecule has 0 unspecified atom stereocenters. The Balaban J connectivity index is 2.01. The normalized spacial score (nSPS) is 17.6. The Bertz CT molecular complexity index is 567. The van der Waals surface area contributed by atoms with Crippen LogP contribution in [0.4, 0.5) is 0 Å². The third-order valence-corrected chi connectivity index (χ3v) is 2.58. The van der Waals surface area contributed by atoms with Crippen molar-refractivity contribution in [2.75, 3.05) is 6.54 Å². The van der Waals surface area contributed by atoms with Gasteiger partial charge in [0.2, 0.25) is 0 Å². The topological polar surface area (TPSA) is 61.0 Å². The largest absolute Gasteiger partial charge is 0.346 e. The molecule has 3 heterocycles. The summed E-state index contributed by atoms with van der Waals surface area (Å²) in [7, 11) is 0. The fourth-order valence-electron chi connectivity index (χ4n) is 1.84. The molecule has 0 radical (unpaired) electrons. The third kappa shape index (κ3) is 1.33. The average molecular weight is 214 g/mol. The average Bonchev–Trinajstić information content (AvgIpc) is 2.72. The molecular formula is C11H10N4O. The monoisotopic (exact) mass is 214 g/mol. The van der Waals surface area contributed by atoms with Crippen LogP contribution in [0.3, 0.4) is 0 Å². The van der Waals surface area contributed by atoms with Gasteiger partial charge in [-0.3, -0.25) is 4.79 Å². The molecule has 2 N–H and O–H groups in total. The molecule has 16 heavy (non-hydrogen) atoms. The van der Waals surface area contributed by atoms with E-state index in [1.807, 2.05) is 18.4 Å². The molecule has 80 valence electrons. The van der Waals surface area contributed by atoms with E-state index in [9.17, 15) is 4.79 Å². The van der Waals surface area contributed by atoms with Gasteiger partial charge in [0.15, 0.2) is 0 Å². The number of nitrogens with zero attached hydrogens (tertiary/aromatic N) is 2. The third-order valence-electron chi connectivity index (χ3n) is 2.58. The SMILES string of the molecule is O=c1cc(C2=CNC3=CC=CCN32)cn[nH]1. The van der Waals surface area contributed by atoms with Crippen molar-refractivity contribution in [1.29, 1.82) is 0 Å². The fourth-order valence-corrected chi connectivity index (χ4v) is 1.84. The first kappa shape index (κ1) is 8.96. The first-order chi connectivity index (χ1) is 7.84. The van der Waals surface area contributed by atoms with Crippen molar-refractivity contribution in [1.82, 2.24) is 20.4 Å². The maximum Gasteiger partial charge on any atom is 0.264 e. The lowest BCUT2D eigenvalue weighted by Crippen LogP contribution is -2.23. The van der Waals surface area contributed by atoms with Crippen molar-refractivity contribution in [3.05, 3.63) is 58.4 Å². The van der Waals surface area contributed by atoms with Crippen LogP contribution in [-0.2, 0) is 0 Å². The van der Waals surface area contributed by atoms with E-state index >= 15 is 0 Å². The molecule has 0 bridgehead atoms. The van der Waals surface area contributed by atoms with E-state index < -0.39 is 0 Å². The van der Waals surface area contributed by atoms with Crippen LogP contribution in [0.2, 0.25) is 0 Å². The molecule has 2 aliphatic heterocycles. The molecule has 2 aliphatic rings. The van der Waals surface area contributed by atoms with Gasteiger partial charge >= 0.3 is 0 Å². The summed E-state index contributed by atoms with van der Waals surface area (Å²) < 4.78 is 0. The first-order valence-electron chi connectivity index (χ1n) is 5.01. The Morgan fingerprint density at radius 2 is 2.38 bits per heavy atom. The Kier molecular flexibility index (Phi) is 1.89. The quantitative estimate of drug-likeness (QED) is 0.709. The molecule has 0 aliphatic carbocycles. The predicted molar refractivity (Wildman–Crippen MR) is 59.9 cm³/mol. The second-order valence-electron chi connectivity index (χ2n) is 3.60. The highest BCUT2D eigenvalue weighted by Crippen LogP contribution is 2.26. The Morgan fingerprint density at radius 1 is 1.44 bits per heavy atom. The maximum atomic E-state index is 11.2. The van der Waals surface area contributed by atoms with Gasteiger partial charge in [-0.05, 0) is 6.08 Å². The molecule has 5 nitrogen and oxygen atoms in total. The molecule has 0 saturated carbocycles. The van der Waals surface area contributed by atoms with Gasteiger partial charge in [0.1, 0.15) is 5.82 Å². The summed E-state index contributed by atoms with van der Waals surface area (Å²) in [4.78, 5) is 13.3. The van der Waals surface area contributed by atoms with Crippen molar-refractivity contribution < 1.29 is 0 Å². The van der Waals surface area contributed by atoms with Gasteiger partial charge < -0.3 is 10.2 Å². The molecule has 0 fully saturated rings. The highest BCUT2D eigenvalue weighted by molar-refractivity contribution is 5.67. The van der Waals surface area contributed by atoms with Crippen LogP contribution in [0.25, 0.3) is 5.70 Å². The van der Waals surface area contributed by atoms with Gasteiger partial charge in [0.05, 0.1) is 11.9 Å². The minimum Gasteiger partial charge on any atom is -0.346 e. The van der Waals surface area contributed by atoms with Crippen LogP contribution in [0.5, 0.6) is 0 Å². The van der Waals surface area contributed by atoms with Crippen molar-refractivity contribution in [2.45, 2.75) is 0 Å². The molecule has 5 heteroatoms. The van der Waals surface area contributed by atoms with Crippen LogP contribution in [0.1, 0.15) is 5.56 Å². The van der Waals surface area contributed by atoms with Crippen LogP contribution in [0, 0.1) is 0 Å². The molecule has 1 aromatic heterocycles. The van der Waals surface area contributed by atoms with E-state index in [4.69, 9.17) is 0 Å². The highest BCUT2D eigenvalue weighted by atomic mass is 16.1. The van der Waals surface area contributed by atoms with Crippen molar-refractivity contribution in [3.8, 4) is 0 Å². The van der Waals surface area contributed by atoms with Crippen LogP contribution < -0.4 is 10.9 Å². The molecule has 0 amide bonds. The number of H-pyrrole nitrogens is 1. The Hall–Kier alpha value is -2.30. The second-order valence-corrected chi connectivity index (χ2v) is 3.60. The predicted octanol–water partition coefficient (Wildman–Crippen LogP) is 0.385. The molecular weight excluding hydrogens is 204 g/mol. The van der Waals surface area contributed by atoms with Crippen LogP contribution >= 0.6 is 0 Å². The smallest absolute Gasteiger partial charge is 0.264 e. The molecule has 0 aromatic carbocycles. The number of hydrogen-bond acceptors (Lipinski definition) is 4. The number of rotatable bonds is 1. The Labute approximate surface area is 91.8 Å². The highest BCUT2D eigenvalue weighted by Gasteiger charge is 2.21. The van der Waals surface area contributed by atoms with E-state index in [1.54, 1.807) is 12.3 Å². The number of allylic oxidation sites excluding steroid dienone is 2. The van der Waals surface area contributed by atoms with Gasteiger partial charge in [-0.2, -0.15) is 5.10 Å². The van der Waals surface area contributed by atoms with Gasteiger partial charge in [-0.15, -0.1) is 0 Å². The standard InChI is InChI=1S/C11H10N4O/c16-11-5-8(6-13-14-11)9-7-12-10-3-1-2-4-15(9)10/h1-3,5-7,12H,4H2,(H,14,16). The zero-order valence-corrected chi connectivity index (χ0v) is 8.47. The summed E-state index contributed by atoms with van der Waals surface area (Å²) in [6.45, 7) is 0.803. The molecule has 0 saturated heterocycles. The number of hydrogen-bond donors (Lipinski definition) is 2. The summed E-state index contributed by atoms with van der Waals surface area (Å²) in [5, 5.41) is 9.32. The van der Waals surface area contributed by atoms with Crippen molar-refractivity contribution in [3.63, 3.8) is 0 Å². The first-order valence-corrected chi connectivity index (χ1v) is 5.01. The zero-order chi connectivity index (χ0) is 11.0. The lowest BCUT2D eigenvalue weighted by atomic mass is 10.2. The van der Waals surface area contributed by atoms with Crippen LogP contribution in [-0.4, -0.2) is 21.6 Å². The number of nitrogens with one attached hydrogen (secondary N) is 2. The second kappa shape index (κ2) is 3.37. The fraction of sp³-hybridized carbons (Fsp3) is 0.0909. The molecule has 0 atom stereocenters. The van der Waals surface area contributed by atoms with E-state index in [2.05, 4.69) is 26.5 Å². The lowest BCUT2D eigenvalue weighted by Gasteiger charge is -2.23. The molecule has 1 aromatic rings. The summed E-state index contributed by atoms with van der Waals surface area (Å²) in [6.07, 6.45) is 9.59. The number of aromatic amines is 1.